The standard InChI is InChI=1S/C37H42N6O2/c1-25-9-15-30(16-10-25)43-34(23-33(41-43)37(2,3)4)40-36(45)39-29-13-11-26(12-14-29)21-27-17-19-42(20-18-27)35(44)22-28-24-38-32-8-6-5-7-31(28)32/h5-16,23-24,27,38H,17-22H2,1-4H3,(H2,39,40,45). The molecule has 1 aliphatic rings. The molecule has 0 spiro atoms. The number of hydrogen-bond acceptors (Lipinski definition) is 3. The normalized spacial score (nSPS) is 14.1. The Labute approximate surface area is 264 Å². The molecule has 8 heteroatoms. The molecule has 0 atom stereocenters. The minimum atomic E-state index is -0.318. The molecule has 0 saturated carbocycles. The van der Waals surface area contributed by atoms with Crippen LogP contribution in [-0.2, 0) is 23.1 Å². The van der Waals surface area contributed by atoms with Crippen LogP contribution in [0.15, 0.2) is 85.1 Å². The average molecular weight is 603 g/mol. The van der Waals surface area contributed by atoms with Crippen LogP contribution >= 0.6 is 0 Å². The molecule has 1 aliphatic heterocycles. The van der Waals surface area contributed by atoms with E-state index in [1.807, 2.05) is 78.7 Å². The highest BCUT2D eigenvalue weighted by atomic mass is 16.2. The van der Waals surface area contributed by atoms with E-state index in [1.54, 1.807) is 4.68 Å². The van der Waals surface area contributed by atoms with Gasteiger partial charge in [0.05, 0.1) is 17.8 Å². The maximum absolute atomic E-state index is 13.0. The summed E-state index contributed by atoms with van der Waals surface area (Å²) >= 11 is 0. The Bertz CT molecular complexity index is 1790. The Kier molecular flexibility index (Phi) is 8.48. The summed E-state index contributed by atoms with van der Waals surface area (Å²) < 4.78 is 1.78. The van der Waals surface area contributed by atoms with E-state index < -0.39 is 0 Å². The zero-order valence-electron chi connectivity index (χ0n) is 26.6. The first-order valence-electron chi connectivity index (χ1n) is 15.8. The summed E-state index contributed by atoms with van der Waals surface area (Å²) in [6.07, 6.45) is 5.34. The van der Waals surface area contributed by atoms with Crippen molar-refractivity contribution in [2.45, 2.75) is 58.8 Å². The highest BCUT2D eigenvalue weighted by Gasteiger charge is 2.24. The number of urea groups is 1. The molecular formula is C37H42N6O2. The SMILES string of the molecule is Cc1ccc(-n2nc(C(C)(C)C)cc2NC(=O)Nc2ccc(CC3CCN(C(=O)Cc4c[nH]c5ccccc45)CC3)cc2)cc1. The van der Waals surface area contributed by atoms with Gasteiger partial charge < -0.3 is 15.2 Å². The van der Waals surface area contributed by atoms with Crippen molar-refractivity contribution in [1.82, 2.24) is 19.7 Å². The summed E-state index contributed by atoms with van der Waals surface area (Å²) in [5.41, 5.74) is 6.88. The number of carbonyl (C=O) groups excluding carboxylic acids is 2. The van der Waals surface area contributed by atoms with Crippen molar-refractivity contribution in [1.29, 1.82) is 0 Å². The summed E-state index contributed by atoms with van der Waals surface area (Å²) in [4.78, 5) is 31.3. The zero-order valence-corrected chi connectivity index (χ0v) is 26.6. The Morgan fingerprint density at radius 2 is 1.64 bits per heavy atom. The van der Waals surface area contributed by atoms with Crippen molar-refractivity contribution in [3.8, 4) is 5.69 Å². The summed E-state index contributed by atoms with van der Waals surface area (Å²) in [5.74, 6) is 1.34. The molecule has 0 aliphatic carbocycles. The van der Waals surface area contributed by atoms with Crippen LogP contribution in [-0.4, -0.2) is 44.7 Å². The molecule has 0 unspecified atom stereocenters. The first-order valence-corrected chi connectivity index (χ1v) is 15.8. The van der Waals surface area contributed by atoms with E-state index in [-0.39, 0.29) is 17.4 Å². The number of aryl methyl sites for hydroxylation is 1. The van der Waals surface area contributed by atoms with Crippen molar-refractivity contribution < 1.29 is 9.59 Å². The molecule has 8 nitrogen and oxygen atoms in total. The minimum Gasteiger partial charge on any atom is -0.361 e. The number of amides is 3. The monoisotopic (exact) mass is 602 g/mol. The molecule has 3 N–H and O–H groups in total. The molecular weight excluding hydrogens is 560 g/mol. The molecule has 0 bridgehead atoms. The maximum Gasteiger partial charge on any atom is 0.324 e. The molecule has 45 heavy (non-hydrogen) atoms. The van der Waals surface area contributed by atoms with Crippen LogP contribution in [0.2, 0.25) is 0 Å². The number of fused-ring (bicyclic) bond motifs is 1. The van der Waals surface area contributed by atoms with Crippen LogP contribution in [0.4, 0.5) is 16.3 Å². The second-order valence-electron chi connectivity index (χ2n) is 13.3. The number of nitrogens with one attached hydrogen (secondary N) is 3. The van der Waals surface area contributed by atoms with Crippen LogP contribution in [0.1, 0.15) is 56.0 Å². The number of aromatic amines is 1. The van der Waals surface area contributed by atoms with E-state index >= 15 is 0 Å². The Morgan fingerprint density at radius 3 is 2.36 bits per heavy atom. The number of benzene rings is 3. The van der Waals surface area contributed by atoms with Gasteiger partial charge >= 0.3 is 6.03 Å². The molecule has 232 valence electrons. The largest absolute Gasteiger partial charge is 0.361 e. The number of carbonyl (C=O) groups is 2. The molecule has 3 amide bonds. The van der Waals surface area contributed by atoms with Crippen LogP contribution in [0, 0.1) is 12.8 Å². The third-order valence-corrected chi connectivity index (χ3v) is 8.72. The second-order valence-corrected chi connectivity index (χ2v) is 13.3. The number of rotatable bonds is 7. The van der Waals surface area contributed by atoms with Gasteiger partial charge in [0.25, 0.3) is 0 Å². The number of piperidine rings is 1. The van der Waals surface area contributed by atoms with Gasteiger partial charge in [-0.3, -0.25) is 10.1 Å². The number of H-pyrrole nitrogens is 1. The van der Waals surface area contributed by atoms with Crippen LogP contribution in [0.3, 0.4) is 0 Å². The first-order chi connectivity index (χ1) is 21.6. The lowest BCUT2D eigenvalue weighted by molar-refractivity contribution is -0.131. The topological polar surface area (TPSA) is 95.1 Å². The van der Waals surface area contributed by atoms with Gasteiger partial charge in [-0.2, -0.15) is 5.10 Å². The Balaban J connectivity index is 1.01. The fourth-order valence-electron chi connectivity index (χ4n) is 5.99. The lowest BCUT2D eigenvalue weighted by atomic mass is 9.90. The highest BCUT2D eigenvalue weighted by Crippen LogP contribution is 2.28. The smallest absolute Gasteiger partial charge is 0.324 e. The van der Waals surface area contributed by atoms with Gasteiger partial charge in [0.1, 0.15) is 5.82 Å². The quantitative estimate of drug-likeness (QED) is 0.179. The van der Waals surface area contributed by atoms with Crippen molar-refractivity contribution in [2.75, 3.05) is 23.7 Å². The number of hydrogen-bond donors (Lipinski definition) is 3. The molecule has 3 heterocycles. The molecule has 1 saturated heterocycles. The van der Waals surface area contributed by atoms with Gasteiger partial charge in [-0.05, 0) is 73.6 Å². The number of nitrogens with zero attached hydrogens (tertiary/aromatic N) is 3. The summed E-state index contributed by atoms with van der Waals surface area (Å²) in [5, 5.41) is 11.9. The van der Waals surface area contributed by atoms with Crippen LogP contribution < -0.4 is 10.6 Å². The lowest BCUT2D eigenvalue weighted by Crippen LogP contribution is -2.39. The minimum absolute atomic E-state index is 0.164. The van der Waals surface area contributed by atoms with Crippen molar-refractivity contribution in [2.24, 2.45) is 5.92 Å². The third kappa shape index (κ3) is 7.11. The highest BCUT2D eigenvalue weighted by molar-refractivity contribution is 5.99. The van der Waals surface area contributed by atoms with Crippen LogP contribution in [0.25, 0.3) is 16.6 Å². The van der Waals surface area contributed by atoms with E-state index in [2.05, 4.69) is 54.6 Å². The van der Waals surface area contributed by atoms with Gasteiger partial charge in [-0.25, -0.2) is 9.48 Å². The lowest BCUT2D eigenvalue weighted by Gasteiger charge is -2.32. The summed E-state index contributed by atoms with van der Waals surface area (Å²) in [7, 11) is 0. The predicted octanol–water partition coefficient (Wildman–Crippen LogP) is 7.63. The van der Waals surface area contributed by atoms with Gasteiger partial charge in [-0.1, -0.05) is 68.8 Å². The van der Waals surface area contributed by atoms with Gasteiger partial charge in [0.15, 0.2) is 0 Å². The van der Waals surface area contributed by atoms with E-state index in [0.29, 0.717) is 18.2 Å². The van der Waals surface area contributed by atoms with Crippen molar-refractivity contribution in [3.63, 3.8) is 0 Å². The third-order valence-electron chi connectivity index (χ3n) is 8.72. The summed E-state index contributed by atoms with van der Waals surface area (Å²) in [6, 6.07) is 25.9. The van der Waals surface area contributed by atoms with Gasteiger partial charge in [0.2, 0.25) is 5.91 Å². The predicted molar refractivity (Wildman–Crippen MR) is 181 cm³/mol. The number of aromatic nitrogens is 3. The molecule has 6 rings (SSSR count). The van der Waals surface area contributed by atoms with E-state index in [0.717, 1.165) is 71.5 Å². The van der Waals surface area contributed by atoms with Gasteiger partial charge in [-0.15, -0.1) is 0 Å². The van der Waals surface area contributed by atoms with E-state index in [9.17, 15) is 9.59 Å². The molecule has 3 aromatic carbocycles. The Morgan fingerprint density at radius 1 is 0.933 bits per heavy atom. The molecule has 1 fully saturated rings. The van der Waals surface area contributed by atoms with E-state index in [1.165, 1.54) is 5.56 Å². The fraction of sp³-hybridized carbons (Fsp3) is 0.324. The molecule has 5 aromatic rings. The number of para-hydroxylation sites is 1. The summed E-state index contributed by atoms with van der Waals surface area (Å²) in [6.45, 7) is 9.95. The zero-order chi connectivity index (χ0) is 31.6. The van der Waals surface area contributed by atoms with Crippen LogP contribution in [0.5, 0.6) is 0 Å². The Hall–Kier alpha value is -4.85. The van der Waals surface area contributed by atoms with Gasteiger partial charge in [0, 0.05) is 47.4 Å². The number of anilines is 2. The second kappa shape index (κ2) is 12.6. The van der Waals surface area contributed by atoms with Crippen molar-refractivity contribution >= 4 is 34.3 Å². The first kappa shape index (κ1) is 30.2. The maximum atomic E-state index is 13.0. The molecule has 2 aromatic heterocycles. The fourth-order valence-corrected chi connectivity index (χ4v) is 5.99. The average Bonchev–Trinajstić information content (AvgIpc) is 3.63. The van der Waals surface area contributed by atoms with E-state index in [4.69, 9.17) is 5.10 Å². The number of likely N-dealkylation sites (tertiary alicyclic amines) is 1. The molecule has 0 radical (unpaired) electrons. The van der Waals surface area contributed by atoms with Crippen molar-refractivity contribution in [3.05, 3.63) is 107 Å².